The van der Waals surface area contributed by atoms with Gasteiger partial charge < -0.3 is 5.11 Å². The van der Waals surface area contributed by atoms with Crippen LogP contribution in [0.5, 0.6) is 5.88 Å². The topological polar surface area (TPSA) is 99.5 Å². The Balaban J connectivity index is 1.92. The van der Waals surface area contributed by atoms with E-state index in [0.717, 1.165) is 6.21 Å². The Bertz CT molecular complexity index is 1070. The van der Waals surface area contributed by atoms with Crippen LogP contribution in [0.2, 0.25) is 0 Å². The Hall–Kier alpha value is -3.52. The fraction of sp³-hybridized carbons (Fsp3) is 0. The van der Waals surface area contributed by atoms with Crippen molar-refractivity contribution in [1.82, 2.24) is 15.0 Å². The smallest absolute Gasteiger partial charge is 0.271 e. The second kappa shape index (κ2) is 7.58. The maximum Gasteiger partial charge on any atom is 0.271 e. The molecule has 0 atom stereocenters. The number of aromatic nitrogens is 2. The van der Waals surface area contributed by atoms with Gasteiger partial charge in [0.25, 0.3) is 11.5 Å². The number of carbonyl (C=O) groups is 1. The van der Waals surface area contributed by atoms with Crippen LogP contribution in [0.4, 0.5) is 0 Å². The van der Waals surface area contributed by atoms with Crippen molar-refractivity contribution in [3.05, 3.63) is 86.9 Å². The van der Waals surface area contributed by atoms with Crippen LogP contribution in [0.15, 0.2) is 70.6 Å². The highest BCUT2D eigenvalue weighted by Crippen LogP contribution is 2.18. The third kappa shape index (κ3) is 3.60. The number of benzene rings is 2. The first kappa shape index (κ1) is 17.3. The van der Waals surface area contributed by atoms with Gasteiger partial charge in [0.15, 0.2) is 4.77 Å². The lowest BCUT2D eigenvalue weighted by Gasteiger charge is -2.10. The normalized spacial score (nSPS) is 10.8. The third-order valence-electron chi connectivity index (χ3n) is 3.53. The van der Waals surface area contributed by atoms with Crippen LogP contribution in [-0.2, 0) is 0 Å². The van der Waals surface area contributed by atoms with Gasteiger partial charge in [0.05, 0.1) is 11.9 Å². The zero-order valence-corrected chi connectivity index (χ0v) is 14.2. The average molecular weight is 366 g/mol. The lowest BCUT2D eigenvalue weighted by atomic mass is 10.2. The van der Waals surface area contributed by atoms with Crippen LogP contribution in [0.25, 0.3) is 5.69 Å². The van der Waals surface area contributed by atoms with Gasteiger partial charge in [-0.3, -0.25) is 19.1 Å². The lowest BCUT2D eigenvalue weighted by molar-refractivity contribution is 0.0955. The van der Waals surface area contributed by atoms with Gasteiger partial charge in [0, 0.05) is 5.56 Å². The highest BCUT2D eigenvalue weighted by molar-refractivity contribution is 7.71. The van der Waals surface area contributed by atoms with Crippen LogP contribution in [0.3, 0.4) is 0 Å². The van der Waals surface area contributed by atoms with Crippen LogP contribution >= 0.6 is 12.2 Å². The van der Waals surface area contributed by atoms with Crippen molar-refractivity contribution in [2.45, 2.75) is 0 Å². The van der Waals surface area contributed by atoms with Crippen molar-refractivity contribution < 1.29 is 9.90 Å². The third-order valence-corrected chi connectivity index (χ3v) is 3.82. The van der Waals surface area contributed by atoms with Crippen molar-refractivity contribution in [1.29, 1.82) is 0 Å². The van der Waals surface area contributed by atoms with E-state index in [1.165, 1.54) is 4.57 Å². The molecule has 0 aliphatic carbocycles. The van der Waals surface area contributed by atoms with Crippen molar-refractivity contribution in [3.63, 3.8) is 0 Å². The van der Waals surface area contributed by atoms with Gasteiger partial charge >= 0.3 is 0 Å². The molecule has 0 spiro atoms. The Morgan fingerprint density at radius 1 is 1.12 bits per heavy atom. The number of nitrogens with zero attached hydrogens (tertiary/aromatic N) is 2. The summed E-state index contributed by atoms with van der Waals surface area (Å²) in [5, 5.41) is 14.2. The summed E-state index contributed by atoms with van der Waals surface area (Å²) in [6.45, 7) is 0. The Morgan fingerprint density at radius 3 is 2.38 bits per heavy atom. The minimum Gasteiger partial charge on any atom is -0.494 e. The Labute approximate surface area is 153 Å². The molecule has 0 bridgehead atoms. The van der Waals surface area contributed by atoms with Gasteiger partial charge in [0.2, 0.25) is 5.88 Å². The van der Waals surface area contributed by atoms with Crippen molar-refractivity contribution in [2.75, 3.05) is 0 Å². The number of hydrazone groups is 1. The van der Waals surface area contributed by atoms with Gasteiger partial charge in [-0.15, -0.1) is 0 Å². The molecule has 0 saturated carbocycles. The van der Waals surface area contributed by atoms with Crippen molar-refractivity contribution in [2.24, 2.45) is 5.10 Å². The summed E-state index contributed by atoms with van der Waals surface area (Å²) >= 11 is 5.12. The summed E-state index contributed by atoms with van der Waals surface area (Å²) in [6.07, 6.45) is 1.07. The van der Waals surface area contributed by atoms with Gasteiger partial charge in [-0.1, -0.05) is 36.4 Å². The first-order valence-corrected chi connectivity index (χ1v) is 8.01. The van der Waals surface area contributed by atoms with E-state index < -0.39 is 11.5 Å². The summed E-state index contributed by atoms with van der Waals surface area (Å²) in [7, 11) is 0. The van der Waals surface area contributed by atoms with Crippen LogP contribution in [0, 0.1) is 4.77 Å². The largest absolute Gasteiger partial charge is 0.494 e. The monoisotopic (exact) mass is 366 g/mol. The van der Waals surface area contributed by atoms with Crippen LogP contribution < -0.4 is 11.0 Å². The zero-order chi connectivity index (χ0) is 18.5. The maximum atomic E-state index is 12.1. The highest BCUT2D eigenvalue weighted by atomic mass is 32.1. The predicted molar refractivity (Wildman–Crippen MR) is 100 cm³/mol. The fourth-order valence-electron chi connectivity index (χ4n) is 2.28. The summed E-state index contributed by atoms with van der Waals surface area (Å²) in [5.74, 6) is -0.809. The first-order chi connectivity index (χ1) is 12.6. The standard InChI is InChI=1S/C18H14N4O3S/c23-15(12-7-3-1-4-8-12)21-19-11-14-16(24)20-18(26)22(17(14)25)13-9-5-2-6-10-13/h1-11,25H,(H,21,23)(H,20,24,26). The molecule has 1 heterocycles. The van der Waals surface area contributed by atoms with Gasteiger partial charge in [-0.05, 0) is 36.5 Å². The molecule has 0 aliphatic heterocycles. The number of aromatic amines is 1. The molecule has 3 rings (SSSR count). The molecule has 1 aromatic heterocycles. The molecule has 130 valence electrons. The first-order valence-electron chi connectivity index (χ1n) is 7.60. The molecule has 1 amide bonds. The number of aromatic hydroxyl groups is 1. The molecular formula is C18H14N4O3S. The van der Waals surface area contributed by atoms with E-state index in [1.54, 1.807) is 54.6 Å². The van der Waals surface area contributed by atoms with E-state index in [1.807, 2.05) is 6.07 Å². The summed E-state index contributed by atoms with van der Waals surface area (Å²) < 4.78 is 1.35. The average Bonchev–Trinajstić information content (AvgIpc) is 2.65. The molecule has 0 radical (unpaired) electrons. The number of hydrogen-bond acceptors (Lipinski definition) is 5. The van der Waals surface area contributed by atoms with E-state index in [0.29, 0.717) is 11.3 Å². The molecule has 3 N–H and O–H groups in total. The summed E-state index contributed by atoms with van der Waals surface area (Å²) in [4.78, 5) is 26.5. The van der Waals surface area contributed by atoms with Crippen molar-refractivity contribution >= 4 is 24.3 Å². The van der Waals surface area contributed by atoms with Gasteiger partial charge in [-0.2, -0.15) is 5.10 Å². The molecule has 2 aromatic carbocycles. The minimum atomic E-state index is -0.614. The summed E-state index contributed by atoms with van der Waals surface area (Å²) in [5.41, 5.74) is 2.56. The molecule has 0 unspecified atom stereocenters. The molecule has 0 aliphatic rings. The van der Waals surface area contributed by atoms with E-state index in [2.05, 4.69) is 15.5 Å². The quantitative estimate of drug-likeness (QED) is 0.375. The molecule has 26 heavy (non-hydrogen) atoms. The lowest BCUT2D eigenvalue weighted by Crippen LogP contribution is -2.21. The Kier molecular flexibility index (Phi) is 5.04. The molecule has 0 fully saturated rings. The van der Waals surface area contributed by atoms with E-state index in [-0.39, 0.29) is 16.2 Å². The van der Waals surface area contributed by atoms with E-state index in [4.69, 9.17) is 12.2 Å². The van der Waals surface area contributed by atoms with Crippen LogP contribution in [-0.4, -0.2) is 26.8 Å². The SMILES string of the molecule is O=C(NN=Cc1c(O)n(-c2ccccc2)c(=S)[nH]c1=O)c1ccccc1. The second-order valence-electron chi connectivity index (χ2n) is 5.23. The second-order valence-corrected chi connectivity index (χ2v) is 5.62. The Morgan fingerprint density at radius 2 is 1.73 bits per heavy atom. The van der Waals surface area contributed by atoms with Crippen molar-refractivity contribution in [3.8, 4) is 11.6 Å². The highest BCUT2D eigenvalue weighted by Gasteiger charge is 2.12. The number of H-pyrrole nitrogens is 1. The number of hydrogen-bond donors (Lipinski definition) is 3. The minimum absolute atomic E-state index is 0.0455. The fourth-order valence-corrected chi connectivity index (χ4v) is 2.57. The number of nitrogens with one attached hydrogen (secondary N) is 2. The molecular weight excluding hydrogens is 352 g/mol. The molecule has 3 aromatic rings. The number of para-hydroxylation sites is 1. The van der Waals surface area contributed by atoms with E-state index >= 15 is 0 Å². The number of rotatable bonds is 4. The molecule has 8 heteroatoms. The van der Waals surface area contributed by atoms with Crippen LogP contribution in [0.1, 0.15) is 15.9 Å². The number of carbonyl (C=O) groups excluding carboxylic acids is 1. The molecule has 0 saturated heterocycles. The predicted octanol–water partition coefficient (Wildman–Crippen LogP) is 2.36. The maximum absolute atomic E-state index is 12.1. The molecule has 7 nitrogen and oxygen atoms in total. The van der Waals surface area contributed by atoms with Gasteiger partial charge in [0.1, 0.15) is 5.56 Å². The van der Waals surface area contributed by atoms with Gasteiger partial charge in [-0.25, -0.2) is 5.43 Å². The number of amides is 1. The summed E-state index contributed by atoms with van der Waals surface area (Å²) in [6, 6.07) is 17.3. The zero-order valence-electron chi connectivity index (χ0n) is 13.4. The van der Waals surface area contributed by atoms with E-state index in [9.17, 15) is 14.7 Å².